The Morgan fingerprint density at radius 2 is 2.24 bits per heavy atom. The quantitative estimate of drug-likeness (QED) is 0.869. The van der Waals surface area contributed by atoms with Crippen LogP contribution in [0.4, 0.5) is 0 Å². The van der Waals surface area contributed by atoms with Crippen molar-refractivity contribution in [1.82, 2.24) is 14.9 Å². The first-order valence-corrected chi connectivity index (χ1v) is 6.52. The van der Waals surface area contributed by atoms with Gasteiger partial charge < -0.3 is 9.88 Å². The second kappa shape index (κ2) is 5.34. The lowest BCUT2D eigenvalue weighted by Crippen LogP contribution is -2.36. The third-order valence-electron chi connectivity index (χ3n) is 3.73. The minimum atomic E-state index is 0.0549. The molecule has 0 aliphatic carbocycles. The van der Waals surface area contributed by atoms with Gasteiger partial charge in [0, 0.05) is 37.3 Å². The van der Waals surface area contributed by atoms with Crippen molar-refractivity contribution in [2.75, 3.05) is 13.1 Å². The number of likely N-dealkylation sites (tertiary alicyclic amines) is 1. The Balaban J connectivity index is 2.07. The van der Waals surface area contributed by atoms with Gasteiger partial charge in [-0.3, -0.25) is 4.79 Å². The summed E-state index contributed by atoms with van der Waals surface area (Å²) in [5, 5.41) is 0. The smallest absolute Gasteiger partial charge is 0.226 e. The third kappa shape index (κ3) is 2.51. The average molecular weight is 235 g/mol. The summed E-state index contributed by atoms with van der Waals surface area (Å²) in [6.07, 6.45) is 6.74. The predicted molar refractivity (Wildman–Crippen MR) is 66.6 cm³/mol. The number of H-pyrrole nitrogens is 1. The van der Waals surface area contributed by atoms with Crippen LogP contribution in [0.5, 0.6) is 0 Å². The summed E-state index contributed by atoms with van der Waals surface area (Å²) < 4.78 is 0. The second-order valence-corrected chi connectivity index (χ2v) is 4.81. The molecule has 4 heteroatoms. The number of carbonyl (C=O) groups excluding carboxylic acids is 1. The van der Waals surface area contributed by atoms with Crippen molar-refractivity contribution in [2.24, 2.45) is 5.92 Å². The maximum Gasteiger partial charge on any atom is 0.226 e. The van der Waals surface area contributed by atoms with E-state index in [0.717, 1.165) is 38.2 Å². The molecule has 1 aliphatic heterocycles. The molecule has 1 fully saturated rings. The first-order chi connectivity index (χ1) is 8.24. The molecule has 1 N–H and O–H groups in total. The minimum absolute atomic E-state index is 0.0549. The molecule has 2 heterocycles. The highest BCUT2D eigenvalue weighted by Gasteiger charge is 2.30. The summed E-state index contributed by atoms with van der Waals surface area (Å²) in [6.45, 7) is 6.03. The molecule has 17 heavy (non-hydrogen) atoms. The molecule has 1 aromatic heterocycles. The molecule has 4 nitrogen and oxygen atoms in total. The van der Waals surface area contributed by atoms with Crippen molar-refractivity contribution in [1.29, 1.82) is 0 Å². The number of hydrogen-bond donors (Lipinski definition) is 1. The fourth-order valence-electron chi connectivity index (χ4n) is 2.63. The van der Waals surface area contributed by atoms with Crippen molar-refractivity contribution >= 4 is 5.91 Å². The SMILES string of the molecule is CCC(C(=O)N1CCCC1)C(C)c1ncc[nH]1. The lowest BCUT2D eigenvalue weighted by Gasteiger charge is -2.25. The number of imidazole rings is 1. The van der Waals surface area contributed by atoms with Crippen LogP contribution < -0.4 is 0 Å². The lowest BCUT2D eigenvalue weighted by molar-refractivity contribution is -0.135. The largest absolute Gasteiger partial charge is 0.348 e. The van der Waals surface area contributed by atoms with Gasteiger partial charge in [0.15, 0.2) is 0 Å². The fourth-order valence-corrected chi connectivity index (χ4v) is 2.63. The van der Waals surface area contributed by atoms with E-state index in [1.54, 1.807) is 6.20 Å². The molecule has 0 radical (unpaired) electrons. The van der Waals surface area contributed by atoms with Crippen LogP contribution in [0.3, 0.4) is 0 Å². The maximum atomic E-state index is 12.4. The van der Waals surface area contributed by atoms with Crippen molar-refractivity contribution in [3.8, 4) is 0 Å². The molecular weight excluding hydrogens is 214 g/mol. The van der Waals surface area contributed by atoms with Crippen LogP contribution in [0, 0.1) is 5.92 Å². The van der Waals surface area contributed by atoms with E-state index in [9.17, 15) is 4.79 Å². The Morgan fingerprint density at radius 1 is 1.53 bits per heavy atom. The molecular formula is C13H21N3O. The molecule has 0 aromatic carbocycles. The van der Waals surface area contributed by atoms with E-state index in [-0.39, 0.29) is 11.8 Å². The maximum absolute atomic E-state index is 12.4. The number of nitrogens with zero attached hydrogens (tertiary/aromatic N) is 2. The van der Waals surface area contributed by atoms with E-state index < -0.39 is 0 Å². The average Bonchev–Trinajstić information content (AvgIpc) is 3.03. The van der Waals surface area contributed by atoms with Crippen LogP contribution in [0.25, 0.3) is 0 Å². The summed E-state index contributed by atoms with van der Waals surface area (Å²) >= 11 is 0. The number of hydrogen-bond acceptors (Lipinski definition) is 2. The molecule has 1 amide bonds. The Bertz CT molecular complexity index is 355. The van der Waals surface area contributed by atoms with Crippen LogP contribution in [-0.2, 0) is 4.79 Å². The Morgan fingerprint density at radius 3 is 2.76 bits per heavy atom. The van der Waals surface area contributed by atoms with E-state index in [1.165, 1.54) is 0 Å². The molecule has 0 bridgehead atoms. The second-order valence-electron chi connectivity index (χ2n) is 4.81. The van der Waals surface area contributed by atoms with Crippen LogP contribution in [0.1, 0.15) is 44.9 Å². The monoisotopic (exact) mass is 235 g/mol. The van der Waals surface area contributed by atoms with E-state index >= 15 is 0 Å². The molecule has 2 unspecified atom stereocenters. The topological polar surface area (TPSA) is 49.0 Å². The molecule has 1 aliphatic rings. The van der Waals surface area contributed by atoms with Crippen LogP contribution in [-0.4, -0.2) is 33.9 Å². The molecule has 94 valence electrons. The zero-order valence-corrected chi connectivity index (χ0v) is 10.6. The molecule has 2 rings (SSSR count). The van der Waals surface area contributed by atoms with Gasteiger partial charge in [0.2, 0.25) is 5.91 Å². The number of carbonyl (C=O) groups is 1. The number of nitrogens with one attached hydrogen (secondary N) is 1. The summed E-state index contributed by atoms with van der Waals surface area (Å²) in [6, 6.07) is 0. The van der Waals surface area contributed by atoms with Crippen molar-refractivity contribution in [2.45, 2.75) is 39.0 Å². The number of aromatic amines is 1. The van der Waals surface area contributed by atoms with E-state index in [0.29, 0.717) is 5.91 Å². The lowest BCUT2D eigenvalue weighted by atomic mass is 9.89. The van der Waals surface area contributed by atoms with Crippen LogP contribution >= 0.6 is 0 Å². The van der Waals surface area contributed by atoms with Gasteiger partial charge in [-0.25, -0.2) is 4.98 Å². The summed E-state index contributed by atoms with van der Waals surface area (Å²) in [5.41, 5.74) is 0. The van der Waals surface area contributed by atoms with Gasteiger partial charge in [0.05, 0.1) is 0 Å². The first-order valence-electron chi connectivity index (χ1n) is 6.52. The van der Waals surface area contributed by atoms with Gasteiger partial charge in [-0.2, -0.15) is 0 Å². The summed E-state index contributed by atoms with van der Waals surface area (Å²) in [7, 11) is 0. The molecule has 1 saturated heterocycles. The van der Waals surface area contributed by atoms with Crippen molar-refractivity contribution < 1.29 is 4.79 Å². The molecule has 0 spiro atoms. The zero-order chi connectivity index (χ0) is 12.3. The van der Waals surface area contributed by atoms with Crippen molar-refractivity contribution in [3.05, 3.63) is 18.2 Å². The Kier molecular flexibility index (Phi) is 3.82. The van der Waals surface area contributed by atoms with E-state index in [2.05, 4.69) is 23.8 Å². The molecule has 2 atom stereocenters. The highest BCUT2D eigenvalue weighted by molar-refractivity contribution is 5.79. The highest BCUT2D eigenvalue weighted by atomic mass is 16.2. The first kappa shape index (κ1) is 12.1. The molecule has 1 aromatic rings. The van der Waals surface area contributed by atoms with Gasteiger partial charge in [-0.15, -0.1) is 0 Å². The minimum Gasteiger partial charge on any atom is -0.348 e. The fraction of sp³-hybridized carbons (Fsp3) is 0.692. The van der Waals surface area contributed by atoms with Gasteiger partial charge in [-0.1, -0.05) is 13.8 Å². The van der Waals surface area contributed by atoms with Gasteiger partial charge in [0.25, 0.3) is 0 Å². The van der Waals surface area contributed by atoms with Crippen molar-refractivity contribution in [3.63, 3.8) is 0 Å². The third-order valence-corrected chi connectivity index (χ3v) is 3.73. The van der Waals surface area contributed by atoms with Gasteiger partial charge in [0.1, 0.15) is 5.82 Å². The predicted octanol–water partition coefficient (Wildman–Crippen LogP) is 2.16. The van der Waals surface area contributed by atoms with E-state index in [4.69, 9.17) is 0 Å². The van der Waals surface area contributed by atoms with Crippen LogP contribution in [0.15, 0.2) is 12.4 Å². The number of rotatable bonds is 4. The van der Waals surface area contributed by atoms with Crippen LogP contribution in [0.2, 0.25) is 0 Å². The van der Waals surface area contributed by atoms with Gasteiger partial charge in [-0.05, 0) is 19.3 Å². The van der Waals surface area contributed by atoms with E-state index in [1.807, 2.05) is 11.1 Å². The number of aromatic nitrogens is 2. The zero-order valence-electron chi connectivity index (χ0n) is 10.6. The number of amides is 1. The Labute approximate surface area is 102 Å². The highest BCUT2D eigenvalue weighted by Crippen LogP contribution is 2.27. The standard InChI is InChI=1S/C13H21N3O/c1-3-11(10(2)12-14-6-7-15-12)13(17)16-8-4-5-9-16/h6-7,10-11H,3-5,8-9H2,1-2H3,(H,14,15). The summed E-state index contributed by atoms with van der Waals surface area (Å²) in [5.74, 6) is 1.45. The van der Waals surface area contributed by atoms with Gasteiger partial charge >= 0.3 is 0 Å². The molecule has 0 saturated carbocycles. The summed E-state index contributed by atoms with van der Waals surface area (Å²) in [4.78, 5) is 21.8. The Hall–Kier alpha value is -1.32. The normalized spacial score (nSPS) is 19.3.